The molecule has 0 saturated heterocycles. The fraction of sp³-hybridized carbons (Fsp3) is 0.714. The highest BCUT2D eigenvalue weighted by molar-refractivity contribution is 5.82. The average molecular weight is 266 g/mol. The van der Waals surface area contributed by atoms with Crippen molar-refractivity contribution in [2.45, 2.75) is 57.5 Å². The van der Waals surface area contributed by atoms with Gasteiger partial charge in [0.2, 0.25) is 5.91 Å². The third-order valence-electron chi connectivity index (χ3n) is 3.69. The lowest BCUT2D eigenvalue weighted by Crippen LogP contribution is -2.44. The van der Waals surface area contributed by atoms with Gasteiger partial charge in [0.05, 0.1) is 6.54 Å². The Morgan fingerprint density at radius 3 is 2.74 bits per heavy atom. The second kappa shape index (κ2) is 6.19. The number of nitrogens with one attached hydrogen (secondary N) is 1. The molecule has 2 aliphatic rings. The molecule has 19 heavy (non-hydrogen) atoms. The van der Waals surface area contributed by atoms with Gasteiger partial charge in [-0.3, -0.25) is 14.9 Å². The first-order valence-corrected chi connectivity index (χ1v) is 7.07. The summed E-state index contributed by atoms with van der Waals surface area (Å²) in [4.78, 5) is 24.9. The Labute approximate surface area is 113 Å². The third kappa shape index (κ3) is 3.80. The van der Waals surface area contributed by atoms with E-state index in [1.54, 1.807) is 6.92 Å². The van der Waals surface area contributed by atoms with Crippen molar-refractivity contribution in [3.05, 3.63) is 11.8 Å². The molecule has 2 N–H and O–H groups in total. The Morgan fingerprint density at radius 2 is 2.21 bits per heavy atom. The van der Waals surface area contributed by atoms with Gasteiger partial charge in [-0.1, -0.05) is 6.08 Å². The molecule has 0 aromatic heterocycles. The highest BCUT2D eigenvalue weighted by Crippen LogP contribution is 2.33. The number of allylic oxidation sites excluding steroid dienone is 2. The standard InChI is InChI=1S/C14H22N2O3/c1-10(14(18)19)15-9-13(17)16(12-7-8-12)11-5-3-2-4-6-11/h5,10,12,15H,2-4,6-9H2,1H3,(H,18,19). The second-order valence-corrected chi connectivity index (χ2v) is 5.38. The lowest BCUT2D eigenvalue weighted by Gasteiger charge is -2.28. The van der Waals surface area contributed by atoms with Crippen LogP contribution in [-0.2, 0) is 9.59 Å². The predicted octanol–water partition coefficient (Wildman–Crippen LogP) is 1.50. The van der Waals surface area contributed by atoms with Crippen LogP contribution < -0.4 is 5.32 Å². The number of rotatable bonds is 6. The quantitative estimate of drug-likeness (QED) is 0.764. The van der Waals surface area contributed by atoms with E-state index in [2.05, 4.69) is 11.4 Å². The number of carbonyl (C=O) groups excluding carboxylic acids is 1. The minimum atomic E-state index is -0.928. The van der Waals surface area contributed by atoms with Crippen LogP contribution in [0.25, 0.3) is 0 Å². The van der Waals surface area contributed by atoms with Crippen molar-refractivity contribution in [3.63, 3.8) is 0 Å². The summed E-state index contributed by atoms with van der Waals surface area (Å²) in [7, 11) is 0. The fourth-order valence-electron chi connectivity index (χ4n) is 2.38. The minimum absolute atomic E-state index is 0.00347. The summed E-state index contributed by atoms with van der Waals surface area (Å²) in [5.74, 6) is -0.925. The van der Waals surface area contributed by atoms with Crippen molar-refractivity contribution in [2.24, 2.45) is 0 Å². The topological polar surface area (TPSA) is 69.6 Å². The van der Waals surface area contributed by atoms with Crippen LogP contribution in [-0.4, -0.2) is 40.5 Å². The van der Waals surface area contributed by atoms with Gasteiger partial charge in [-0.2, -0.15) is 0 Å². The van der Waals surface area contributed by atoms with E-state index < -0.39 is 12.0 Å². The summed E-state index contributed by atoms with van der Waals surface area (Å²) in [6.45, 7) is 1.65. The van der Waals surface area contributed by atoms with E-state index in [0.29, 0.717) is 6.04 Å². The van der Waals surface area contributed by atoms with Gasteiger partial charge in [-0.25, -0.2) is 0 Å². The minimum Gasteiger partial charge on any atom is -0.480 e. The Bertz CT molecular complexity index is 388. The molecule has 0 heterocycles. The molecule has 0 aromatic carbocycles. The summed E-state index contributed by atoms with van der Waals surface area (Å²) < 4.78 is 0. The predicted molar refractivity (Wildman–Crippen MR) is 71.5 cm³/mol. The molecule has 1 saturated carbocycles. The maximum absolute atomic E-state index is 12.3. The molecule has 106 valence electrons. The second-order valence-electron chi connectivity index (χ2n) is 5.38. The van der Waals surface area contributed by atoms with Crippen LogP contribution in [0.15, 0.2) is 11.8 Å². The van der Waals surface area contributed by atoms with Crippen molar-refractivity contribution in [1.82, 2.24) is 10.2 Å². The summed E-state index contributed by atoms with van der Waals surface area (Å²) >= 11 is 0. The highest BCUT2D eigenvalue weighted by atomic mass is 16.4. The summed E-state index contributed by atoms with van der Waals surface area (Å²) in [5, 5.41) is 11.6. The molecule has 1 unspecified atom stereocenters. The monoisotopic (exact) mass is 266 g/mol. The van der Waals surface area contributed by atoms with Crippen molar-refractivity contribution in [3.8, 4) is 0 Å². The van der Waals surface area contributed by atoms with Crippen molar-refractivity contribution < 1.29 is 14.7 Å². The number of aliphatic carboxylic acids is 1. The molecule has 1 fully saturated rings. The Balaban J connectivity index is 1.93. The van der Waals surface area contributed by atoms with Crippen molar-refractivity contribution in [2.75, 3.05) is 6.54 Å². The summed E-state index contributed by atoms with van der Waals surface area (Å²) in [6, 6.07) is -0.343. The van der Waals surface area contributed by atoms with Crippen molar-refractivity contribution >= 4 is 11.9 Å². The van der Waals surface area contributed by atoms with Crippen LogP contribution in [0.5, 0.6) is 0 Å². The molecular formula is C14H22N2O3. The summed E-state index contributed by atoms with van der Waals surface area (Å²) in [5.41, 5.74) is 1.14. The van der Waals surface area contributed by atoms with E-state index >= 15 is 0 Å². The molecular weight excluding hydrogens is 244 g/mol. The average Bonchev–Trinajstić information content (AvgIpc) is 3.22. The van der Waals surface area contributed by atoms with Crippen LogP contribution in [0.1, 0.15) is 45.4 Å². The van der Waals surface area contributed by atoms with E-state index in [-0.39, 0.29) is 12.5 Å². The molecule has 0 radical (unpaired) electrons. The Kier molecular flexibility index (Phi) is 4.58. The van der Waals surface area contributed by atoms with Gasteiger partial charge in [0.25, 0.3) is 0 Å². The molecule has 0 spiro atoms. The smallest absolute Gasteiger partial charge is 0.320 e. The van der Waals surface area contributed by atoms with Gasteiger partial charge >= 0.3 is 5.97 Å². The number of nitrogens with zero attached hydrogens (tertiary/aromatic N) is 1. The van der Waals surface area contributed by atoms with Crippen LogP contribution in [0.3, 0.4) is 0 Å². The van der Waals surface area contributed by atoms with Crippen LogP contribution >= 0.6 is 0 Å². The molecule has 5 heteroatoms. The molecule has 0 aliphatic heterocycles. The lowest BCUT2D eigenvalue weighted by molar-refractivity contribution is -0.139. The number of hydrogen-bond donors (Lipinski definition) is 2. The molecule has 0 aromatic rings. The first kappa shape index (κ1) is 14.1. The highest BCUT2D eigenvalue weighted by Gasteiger charge is 2.34. The van der Waals surface area contributed by atoms with Gasteiger partial charge in [0, 0.05) is 11.7 Å². The molecule has 2 aliphatic carbocycles. The van der Waals surface area contributed by atoms with E-state index in [1.165, 1.54) is 6.42 Å². The number of amides is 1. The molecule has 5 nitrogen and oxygen atoms in total. The molecule has 0 bridgehead atoms. The van der Waals surface area contributed by atoms with Gasteiger partial charge in [-0.15, -0.1) is 0 Å². The third-order valence-corrected chi connectivity index (χ3v) is 3.69. The number of carboxylic acids is 1. The molecule has 2 rings (SSSR count). The van der Waals surface area contributed by atoms with E-state index in [0.717, 1.165) is 37.8 Å². The molecule has 1 atom stereocenters. The zero-order chi connectivity index (χ0) is 13.8. The van der Waals surface area contributed by atoms with Crippen LogP contribution in [0, 0.1) is 0 Å². The van der Waals surface area contributed by atoms with Gasteiger partial charge in [0.1, 0.15) is 6.04 Å². The first-order valence-electron chi connectivity index (χ1n) is 7.07. The van der Waals surface area contributed by atoms with Gasteiger partial charge in [-0.05, 0) is 45.4 Å². The van der Waals surface area contributed by atoms with E-state index in [4.69, 9.17) is 5.11 Å². The lowest BCUT2D eigenvalue weighted by atomic mass is 10.0. The number of carboxylic acid groups (broad SMARTS) is 1. The Morgan fingerprint density at radius 1 is 1.47 bits per heavy atom. The van der Waals surface area contributed by atoms with Crippen LogP contribution in [0.2, 0.25) is 0 Å². The SMILES string of the molecule is CC(NCC(=O)N(C1=CCCCC1)C1CC1)C(=O)O. The maximum atomic E-state index is 12.3. The van der Waals surface area contributed by atoms with Crippen LogP contribution in [0.4, 0.5) is 0 Å². The fourth-order valence-corrected chi connectivity index (χ4v) is 2.38. The number of carbonyl (C=O) groups is 2. The Hall–Kier alpha value is -1.36. The van der Waals surface area contributed by atoms with Gasteiger partial charge < -0.3 is 10.0 Å². The van der Waals surface area contributed by atoms with Gasteiger partial charge in [0.15, 0.2) is 0 Å². The van der Waals surface area contributed by atoms with E-state index in [9.17, 15) is 9.59 Å². The normalized spacial score (nSPS) is 20.6. The summed E-state index contributed by atoms with van der Waals surface area (Å²) in [6.07, 6.45) is 8.66. The maximum Gasteiger partial charge on any atom is 0.320 e. The first-order chi connectivity index (χ1) is 9.09. The number of hydrogen-bond acceptors (Lipinski definition) is 3. The van der Waals surface area contributed by atoms with E-state index in [1.807, 2.05) is 4.90 Å². The largest absolute Gasteiger partial charge is 0.480 e. The zero-order valence-corrected chi connectivity index (χ0v) is 11.4. The van der Waals surface area contributed by atoms with Crippen molar-refractivity contribution in [1.29, 1.82) is 0 Å². The molecule has 1 amide bonds. The zero-order valence-electron chi connectivity index (χ0n) is 11.4.